The Morgan fingerprint density at radius 3 is 2.83 bits per heavy atom. The molecule has 1 aromatic carbocycles. The summed E-state index contributed by atoms with van der Waals surface area (Å²) >= 11 is 5.82. The van der Waals surface area contributed by atoms with Gasteiger partial charge in [-0.1, -0.05) is 17.7 Å². The highest BCUT2D eigenvalue weighted by atomic mass is 35.5. The zero-order chi connectivity index (χ0) is 13.3. The van der Waals surface area contributed by atoms with E-state index in [2.05, 4.69) is 5.32 Å². The summed E-state index contributed by atoms with van der Waals surface area (Å²) < 4.78 is 39.8. The van der Waals surface area contributed by atoms with E-state index in [9.17, 15) is 12.8 Å². The van der Waals surface area contributed by atoms with Crippen LogP contribution in [0.1, 0.15) is 6.92 Å². The van der Waals surface area contributed by atoms with Gasteiger partial charge in [-0.25, -0.2) is 12.8 Å². The minimum absolute atomic E-state index is 0.0827. The standard InChI is InChI=1S/C11H14ClFN2O2S/c1-8-7-14-5-6-15(8)18(16,17)11-9(12)3-2-4-10(11)13/h2-4,8,14H,5-7H2,1H3. The fourth-order valence-electron chi connectivity index (χ4n) is 2.03. The Morgan fingerprint density at radius 2 is 2.22 bits per heavy atom. The van der Waals surface area contributed by atoms with Crippen LogP contribution in [0.5, 0.6) is 0 Å². The molecule has 0 aliphatic carbocycles. The molecule has 1 unspecified atom stereocenters. The lowest BCUT2D eigenvalue weighted by atomic mass is 10.3. The summed E-state index contributed by atoms with van der Waals surface area (Å²) in [7, 11) is -3.89. The van der Waals surface area contributed by atoms with E-state index in [4.69, 9.17) is 11.6 Å². The second-order valence-electron chi connectivity index (χ2n) is 4.22. The average molecular weight is 293 g/mol. The predicted octanol–water partition coefficient (Wildman–Crippen LogP) is 1.46. The zero-order valence-corrected chi connectivity index (χ0v) is 11.4. The molecule has 100 valence electrons. The molecule has 7 heteroatoms. The summed E-state index contributed by atoms with van der Waals surface area (Å²) in [6.07, 6.45) is 0. The van der Waals surface area contributed by atoms with E-state index in [1.54, 1.807) is 6.92 Å². The molecule has 0 aromatic heterocycles. The van der Waals surface area contributed by atoms with Crippen LogP contribution >= 0.6 is 11.6 Å². The van der Waals surface area contributed by atoms with E-state index in [0.29, 0.717) is 19.6 Å². The van der Waals surface area contributed by atoms with E-state index in [0.717, 1.165) is 6.07 Å². The number of piperazine rings is 1. The van der Waals surface area contributed by atoms with Gasteiger partial charge < -0.3 is 5.32 Å². The topological polar surface area (TPSA) is 49.4 Å². The van der Waals surface area contributed by atoms with Crippen LogP contribution in [0.2, 0.25) is 5.02 Å². The van der Waals surface area contributed by atoms with E-state index in [1.165, 1.54) is 16.4 Å². The average Bonchev–Trinajstić information content (AvgIpc) is 2.28. The van der Waals surface area contributed by atoms with Gasteiger partial charge in [0.2, 0.25) is 10.0 Å². The molecule has 1 atom stereocenters. The normalized spacial score (nSPS) is 22.1. The fourth-order valence-corrected chi connectivity index (χ4v) is 4.22. The molecule has 0 spiro atoms. The van der Waals surface area contributed by atoms with Gasteiger partial charge in [-0.2, -0.15) is 4.31 Å². The largest absolute Gasteiger partial charge is 0.314 e. The Labute approximate surface area is 111 Å². The molecule has 1 saturated heterocycles. The highest BCUT2D eigenvalue weighted by Crippen LogP contribution is 2.28. The van der Waals surface area contributed by atoms with Crippen molar-refractivity contribution >= 4 is 21.6 Å². The number of nitrogens with zero attached hydrogens (tertiary/aromatic N) is 1. The Kier molecular flexibility index (Phi) is 3.91. The van der Waals surface area contributed by atoms with Gasteiger partial charge in [0, 0.05) is 25.7 Å². The van der Waals surface area contributed by atoms with Crippen molar-refractivity contribution in [2.75, 3.05) is 19.6 Å². The van der Waals surface area contributed by atoms with E-state index >= 15 is 0 Å². The molecule has 18 heavy (non-hydrogen) atoms. The Bertz CT molecular complexity index is 530. The van der Waals surface area contributed by atoms with Crippen molar-refractivity contribution in [3.05, 3.63) is 29.0 Å². The summed E-state index contributed by atoms with van der Waals surface area (Å²) in [6.45, 7) is 3.19. The number of rotatable bonds is 2. The Hall–Kier alpha value is -0.690. The van der Waals surface area contributed by atoms with E-state index in [-0.39, 0.29) is 11.1 Å². The van der Waals surface area contributed by atoms with Crippen LogP contribution in [-0.2, 0) is 10.0 Å². The van der Waals surface area contributed by atoms with E-state index in [1.807, 2.05) is 0 Å². The van der Waals surface area contributed by atoms with Crippen molar-refractivity contribution < 1.29 is 12.8 Å². The molecule has 1 aromatic rings. The lowest BCUT2D eigenvalue weighted by Crippen LogP contribution is -2.52. The van der Waals surface area contributed by atoms with Crippen LogP contribution < -0.4 is 5.32 Å². The first-order valence-electron chi connectivity index (χ1n) is 5.61. The molecular formula is C11H14ClFN2O2S. The fraction of sp³-hybridized carbons (Fsp3) is 0.455. The summed E-state index contributed by atoms with van der Waals surface area (Å²) in [5.74, 6) is -0.812. The van der Waals surface area contributed by atoms with Crippen LogP contribution in [0.15, 0.2) is 23.1 Å². The molecule has 1 fully saturated rings. The second-order valence-corrected chi connectivity index (χ2v) is 6.45. The van der Waals surface area contributed by atoms with Crippen LogP contribution in [0, 0.1) is 5.82 Å². The van der Waals surface area contributed by atoms with Gasteiger partial charge in [0.05, 0.1) is 5.02 Å². The summed E-state index contributed by atoms with van der Waals surface area (Å²) in [5, 5.41) is 3.00. The summed E-state index contributed by atoms with van der Waals surface area (Å²) in [4.78, 5) is -0.430. The maximum atomic E-state index is 13.7. The minimum Gasteiger partial charge on any atom is -0.314 e. The van der Waals surface area contributed by atoms with Gasteiger partial charge in [-0.05, 0) is 19.1 Å². The third kappa shape index (κ3) is 2.38. The quantitative estimate of drug-likeness (QED) is 0.898. The molecule has 0 saturated carbocycles. The minimum atomic E-state index is -3.89. The molecule has 1 heterocycles. The summed E-state index contributed by atoms with van der Waals surface area (Å²) in [5.41, 5.74) is 0. The highest BCUT2D eigenvalue weighted by molar-refractivity contribution is 7.89. The van der Waals surface area contributed by atoms with Crippen LogP contribution in [0.3, 0.4) is 0 Å². The monoisotopic (exact) mass is 292 g/mol. The molecule has 0 bridgehead atoms. The van der Waals surface area contributed by atoms with Crippen molar-refractivity contribution in [3.63, 3.8) is 0 Å². The first-order chi connectivity index (χ1) is 8.44. The summed E-state index contributed by atoms with van der Waals surface area (Å²) in [6, 6.07) is 3.65. The van der Waals surface area contributed by atoms with Crippen molar-refractivity contribution in [2.45, 2.75) is 17.9 Å². The van der Waals surface area contributed by atoms with E-state index < -0.39 is 20.7 Å². The van der Waals surface area contributed by atoms with Gasteiger partial charge in [-0.3, -0.25) is 0 Å². The molecule has 0 radical (unpaired) electrons. The van der Waals surface area contributed by atoms with Gasteiger partial charge in [0.1, 0.15) is 10.7 Å². The van der Waals surface area contributed by atoms with Crippen molar-refractivity contribution in [1.29, 1.82) is 0 Å². The first kappa shape index (κ1) is 13.7. The van der Waals surface area contributed by atoms with Crippen LogP contribution in [-0.4, -0.2) is 38.4 Å². The lowest BCUT2D eigenvalue weighted by molar-refractivity contribution is 0.283. The number of nitrogens with one attached hydrogen (secondary N) is 1. The Balaban J connectivity index is 2.48. The molecule has 1 aliphatic heterocycles. The number of benzene rings is 1. The molecule has 1 N–H and O–H groups in total. The lowest BCUT2D eigenvalue weighted by Gasteiger charge is -2.33. The van der Waals surface area contributed by atoms with Crippen LogP contribution in [0.25, 0.3) is 0 Å². The van der Waals surface area contributed by atoms with Gasteiger partial charge in [0.25, 0.3) is 0 Å². The maximum Gasteiger partial charge on any atom is 0.247 e. The smallest absolute Gasteiger partial charge is 0.247 e. The second kappa shape index (κ2) is 5.13. The maximum absolute atomic E-state index is 13.7. The van der Waals surface area contributed by atoms with Gasteiger partial charge in [0.15, 0.2) is 0 Å². The predicted molar refractivity (Wildman–Crippen MR) is 67.6 cm³/mol. The highest BCUT2D eigenvalue weighted by Gasteiger charge is 2.34. The van der Waals surface area contributed by atoms with Crippen molar-refractivity contribution in [1.82, 2.24) is 9.62 Å². The SMILES string of the molecule is CC1CNCCN1S(=O)(=O)c1c(F)cccc1Cl. The van der Waals surface area contributed by atoms with Crippen molar-refractivity contribution in [3.8, 4) is 0 Å². The third-order valence-corrected chi connectivity index (χ3v) is 5.44. The molecular weight excluding hydrogens is 279 g/mol. The zero-order valence-electron chi connectivity index (χ0n) is 9.86. The number of sulfonamides is 1. The number of halogens is 2. The number of hydrogen-bond donors (Lipinski definition) is 1. The van der Waals surface area contributed by atoms with Gasteiger partial charge in [-0.15, -0.1) is 0 Å². The Morgan fingerprint density at radius 1 is 1.50 bits per heavy atom. The molecule has 4 nitrogen and oxygen atoms in total. The van der Waals surface area contributed by atoms with Gasteiger partial charge >= 0.3 is 0 Å². The molecule has 0 amide bonds. The molecule has 2 rings (SSSR count). The first-order valence-corrected chi connectivity index (χ1v) is 7.43. The van der Waals surface area contributed by atoms with Crippen molar-refractivity contribution in [2.24, 2.45) is 0 Å². The molecule has 1 aliphatic rings. The number of hydrogen-bond acceptors (Lipinski definition) is 3. The van der Waals surface area contributed by atoms with Crippen LogP contribution in [0.4, 0.5) is 4.39 Å². The third-order valence-electron chi connectivity index (χ3n) is 2.93.